The van der Waals surface area contributed by atoms with Crippen LogP contribution in [0.25, 0.3) is 0 Å². The summed E-state index contributed by atoms with van der Waals surface area (Å²) >= 11 is 0. The second kappa shape index (κ2) is 12.0. The summed E-state index contributed by atoms with van der Waals surface area (Å²) in [5.41, 5.74) is 3.83. The van der Waals surface area contributed by atoms with Crippen LogP contribution in [0.4, 0.5) is 5.69 Å². The molecule has 178 valence electrons. The van der Waals surface area contributed by atoms with Gasteiger partial charge in [-0.25, -0.2) is 5.48 Å². The van der Waals surface area contributed by atoms with Gasteiger partial charge in [0.1, 0.15) is 6.04 Å². The minimum Gasteiger partial charge on any atom is -0.391 e. The van der Waals surface area contributed by atoms with E-state index in [4.69, 9.17) is 5.21 Å². The number of rotatable bonds is 8. The number of hydrogen-bond donors (Lipinski definition) is 6. The van der Waals surface area contributed by atoms with Crippen LogP contribution in [0.5, 0.6) is 0 Å². The normalized spacial score (nSPS) is 14.6. The topological polar surface area (TPSA) is 140 Å². The molecule has 2 unspecified atom stereocenters. The lowest BCUT2D eigenvalue weighted by Gasteiger charge is -2.26. The molecule has 0 aromatic heterocycles. The molecule has 3 rings (SSSR count). The first-order valence-electron chi connectivity index (χ1n) is 11.0. The summed E-state index contributed by atoms with van der Waals surface area (Å²) in [5, 5.41) is 26.8. The van der Waals surface area contributed by atoms with Crippen molar-refractivity contribution in [2.75, 3.05) is 11.9 Å². The zero-order valence-corrected chi connectivity index (χ0v) is 18.8. The average molecular weight is 465 g/mol. The van der Waals surface area contributed by atoms with Crippen molar-refractivity contribution in [1.82, 2.24) is 16.1 Å². The van der Waals surface area contributed by atoms with Crippen LogP contribution in [0.2, 0.25) is 0 Å². The number of anilines is 1. The summed E-state index contributed by atoms with van der Waals surface area (Å²) in [6, 6.07) is 12.8. The number of benzene rings is 2. The zero-order valence-electron chi connectivity index (χ0n) is 18.8. The van der Waals surface area contributed by atoms with Gasteiger partial charge in [0.05, 0.1) is 12.6 Å². The van der Waals surface area contributed by atoms with Gasteiger partial charge in [-0.15, -0.1) is 0 Å². The fourth-order valence-electron chi connectivity index (χ4n) is 3.24. The molecule has 0 aliphatic heterocycles. The third-order valence-electron chi connectivity index (χ3n) is 5.49. The van der Waals surface area contributed by atoms with Gasteiger partial charge in [0.25, 0.3) is 11.8 Å². The lowest BCUT2D eigenvalue weighted by atomic mass is 9.93. The van der Waals surface area contributed by atoms with E-state index in [0.717, 1.165) is 18.4 Å². The molecule has 3 amide bonds. The van der Waals surface area contributed by atoms with E-state index >= 15 is 0 Å². The highest BCUT2D eigenvalue weighted by Gasteiger charge is 2.25. The molecule has 1 saturated carbocycles. The number of carbonyl (C=O) groups excluding carboxylic acids is 3. The molecule has 9 heteroatoms. The Morgan fingerprint density at radius 1 is 1.00 bits per heavy atom. The van der Waals surface area contributed by atoms with Gasteiger partial charge in [0.2, 0.25) is 5.91 Å². The Morgan fingerprint density at radius 2 is 1.59 bits per heavy atom. The highest BCUT2D eigenvalue weighted by atomic mass is 16.5. The number of hydrogen-bond acceptors (Lipinski definition) is 6. The molecule has 0 bridgehead atoms. The van der Waals surface area contributed by atoms with Gasteiger partial charge in [0.15, 0.2) is 0 Å². The van der Waals surface area contributed by atoms with Crippen LogP contribution in [0.1, 0.15) is 47.7 Å². The van der Waals surface area contributed by atoms with Crippen LogP contribution in [0.3, 0.4) is 0 Å². The number of nitrogens with one attached hydrogen (secondary N) is 4. The highest BCUT2D eigenvalue weighted by molar-refractivity contribution is 5.97. The van der Waals surface area contributed by atoms with Crippen LogP contribution in [-0.4, -0.2) is 52.8 Å². The predicted molar refractivity (Wildman–Crippen MR) is 126 cm³/mol. The lowest BCUT2D eigenvalue weighted by molar-refractivity contribution is -0.133. The third kappa shape index (κ3) is 7.15. The Hall–Kier alpha value is -3.71. The molecule has 0 radical (unpaired) electrons. The predicted octanol–water partition coefficient (Wildman–Crippen LogP) is 1.15. The van der Waals surface area contributed by atoms with Gasteiger partial charge in [-0.1, -0.05) is 18.3 Å². The SMILES string of the molecule is CC(O)C(NC(=O)c1ccc(C#Cc2ccc(NC(=O)CNC3CCC3)cc2)cc1)C(=O)NO. The van der Waals surface area contributed by atoms with Crippen molar-refractivity contribution in [1.29, 1.82) is 0 Å². The van der Waals surface area contributed by atoms with E-state index in [-0.39, 0.29) is 11.5 Å². The second-order valence-electron chi connectivity index (χ2n) is 8.13. The maximum Gasteiger partial charge on any atom is 0.268 e. The summed E-state index contributed by atoms with van der Waals surface area (Å²) in [6.07, 6.45) is 2.29. The number of hydroxylamine groups is 1. The minimum absolute atomic E-state index is 0.0772. The summed E-state index contributed by atoms with van der Waals surface area (Å²) in [4.78, 5) is 35.9. The molecule has 1 aliphatic rings. The standard InChI is InChI=1S/C25H28N4O5/c1-16(30)23(25(33)29-34)28-24(32)19-11-7-17(8-12-19)5-6-18-9-13-21(14-10-18)27-22(31)15-26-20-3-2-4-20/h7-14,16,20,23,26,30,34H,2-4,15H2,1H3,(H,27,31)(H,28,32)(H,29,33). The van der Waals surface area contributed by atoms with E-state index < -0.39 is 24.0 Å². The maximum atomic E-state index is 12.3. The van der Waals surface area contributed by atoms with Crippen molar-refractivity contribution in [2.45, 2.75) is 44.4 Å². The van der Waals surface area contributed by atoms with Gasteiger partial charge in [-0.05, 0) is 68.3 Å². The van der Waals surface area contributed by atoms with Crippen molar-refractivity contribution in [3.8, 4) is 11.8 Å². The van der Waals surface area contributed by atoms with Crippen LogP contribution < -0.4 is 21.4 Å². The van der Waals surface area contributed by atoms with Crippen LogP contribution in [-0.2, 0) is 9.59 Å². The average Bonchev–Trinajstić information content (AvgIpc) is 2.80. The van der Waals surface area contributed by atoms with Crippen LogP contribution in [0.15, 0.2) is 48.5 Å². The van der Waals surface area contributed by atoms with Gasteiger partial charge in [0, 0.05) is 28.4 Å². The largest absolute Gasteiger partial charge is 0.391 e. The van der Waals surface area contributed by atoms with E-state index in [1.165, 1.54) is 18.8 Å². The van der Waals surface area contributed by atoms with Crippen molar-refractivity contribution in [2.24, 2.45) is 0 Å². The number of aliphatic hydroxyl groups excluding tert-OH is 1. The molecule has 9 nitrogen and oxygen atoms in total. The molecule has 2 aromatic carbocycles. The first-order valence-corrected chi connectivity index (χ1v) is 11.0. The number of amides is 3. The van der Waals surface area contributed by atoms with Crippen LogP contribution >= 0.6 is 0 Å². The number of aliphatic hydroxyl groups is 1. The molecule has 1 fully saturated rings. The van der Waals surface area contributed by atoms with E-state index in [2.05, 4.69) is 27.8 Å². The molecular weight excluding hydrogens is 436 g/mol. The van der Waals surface area contributed by atoms with E-state index in [1.807, 2.05) is 12.1 Å². The second-order valence-corrected chi connectivity index (χ2v) is 8.13. The van der Waals surface area contributed by atoms with Crippen molar-refractivity contribution >= 4 is 23.4 Å². The number of carbonyl (C=O) groups is 3. The summed E-state index contributed by atoms with van der Waals surface area (Å²) in [6.45, 7) is 1.63. The first-order chi connectivity index (χ1) is 16.4. The molecule has 0 saturated heterocycles. The van der Waals surface area contributed by atoms with E-state index in [0.29, 0.717) is 23.8 Å². The maximum absolute atomic E-state index is 12.3. The van der Waals surface area contributed by atoms with E-state index in [9.17, 15) is 19.5 Å². The Kier molecular flexibility index (Phi) is 8.76. The Bertz CT molecular complexity index is 1070. The molecule has 2 aromatic rings. The third-order valence-corrected chi connectivity index (χ3v) is 5.49. The molecule has 2 atom stereocenters. The van der Waals surface area contributed by atoms with Gasteiger partial charge in [-0.2, -0.15) is 0 Å². The Morgan fingerprint density at radius 3 is 2.09 bits per heavy atom. The highest BCUT2D eigenvalue weighted by Crippen LogP contribution is 2.17. The summed E-state index contributed by atoms with van der Waals surface area (Å²) in [5.74, 6) is 4.46. The smallest absolute Gasteiger partial charge is 0.268 e. The Balaban J connectivity index is 1.53. The lowest BCUT2D eigenvalue weighted by Crippen LogP contribution is -2.51. The van der Waals surface area contributed by atoms with Crippen molar-refractivity contribution in [3.05, 3.63) is 65.2 Å². The van der Waals surface area contributed by atoms with E-state index in [1.54, 1.807) is 36.4 Å². The fourth-order valence-corrected chi connectivity index (χ4v) is 3.24. The first kappa shape index (κ1) is 24.9. The van der Waals surface area contributed by atoms with Crippen molar-refractivity contribution in [3.63, 3.8) is 0 Å². The molecule has 1 aliphatic carbocycles. The van der Waals surface area contributed by atoms with Crippen molar-refractivity contribution < 1.29 is 24.7 Å². The zero-order chi connectivity index (χ0) is 24.5. The summed E-state index contributed by atoms with van der Waals surface area (Å²) < 4.78 is 0. The molecule has 0 spiro atoms. The molecule has 34 heavy (non-hydrogen) atoms. The molecular formula is C25H28N4O5. The minimum atomic E-state index is -1.29. The molecule has 6 N–H and O–H groups in total. The summed E-state index contributed by atoms with van der Waals surface area (Å²) in [7, 11) is 0. The van der Waals surface area contributed by atoms with Gasteiger partial charge < -0.3 is 21.1 Å². The monoisotopic (exact) mass is 464 g/mol. The quantitative estimate of drug-likeness (QED) is 0.197. The Labute approximate surface area is 197 Å². The molecule has 0 heterocycles. The van der Waals surface area contributed by atoms with Gasteiger partial charge >= 0.3 is 0 Å². The van der Waals surface area contributed by atoms with Gasteiger partial charge in [-0.3, -0.25) is 19.6 Å². The van der Waals surface area contributed by atoms with Crippen LogP contribution in [0, 0.1) is 11.8 Å². The fraction of sp³-hybridized carbons (Fsp3) is 0.320.